The van der Waals surface area contributed by atoms with Gasteiger partial charge >= 0.3 is 0 Å². The number of amides is 1. The highest BCUT2D eigenvalue weighted by Gasteiger charge is 2.10. The Bertz CT molecular complexity index is 426. The molecule has 1 aliphatic heterocycles. The predicted molar refractivity (Wildman–Crippen MR) is 60.3 cm³/mol. The third-order valence-electron chi connectivity index (χ3n) is 2.20. The smallest absolute Gasteiger partial charge is 0.221 e. The van der Waals surface area contributed by atoms with Gasteiger partial charge in [-0.2, -0.15) is 0 Å². The zero-order valence-corrected chi connectivity index (χ0v) is 8.81. The predicted octanol–water partition coefficient (Wildman–Crippen LogP) is 1.35. The SMILES string of the molecule is NC(=O)CC=Cc1ccc2c(c1)OCCO2. The van der Waals surface area contributed by atoms with Gasteiger partial charge in [0.2, 0.25) is 5.91 Å². The Labute approximate surface area is 93.7 Å². The number of rotatable bonds is 3. The highest BCUT2D eigenvalue weighted by atomic mass is 16.6. The third-order valence-corrected chi connectivity index (χ3v) is 2.20. The maximum Gasteiger partial charge on any atom is 0.221 e. The fraction of sp³-hybridized carbons (Fsp3) is 0.250. The maximum atomic E-state index is 10.5. The Balaban J connectivity index is 2.11. The molecule has 84 valence electrons. The summed E-state index contributed by atoms with van der Waals surface area (Å²) in [5.74, 6) is 1.17. The molecule has 4 nitrogen and oxygen atoms in total. The molecule has 1 aliphatic rings. The molecule has 2 N–H and O–H groups in total. The van der Waals surface area contributed by atoms with E-state index in [1.807, 2.05) is 24.3 Å². The van der Waals surface area contributed by atoms with E-state index >= 15 is 0 Å². The summed E-state index contributed by atoms with van der Waals surface area (Å²) in [7, 11) is 0. The molecule has 4 heteroatoms. The number of carbonyl (C=O) groups is 1. The molecular formula is C12H13NO3. The van der Waals surface area contributed by atoms with E-state index in [9.17, 15) is 4.79 Å². The van der Waals surface area contributed by atoms with E-state index in [2.05, 4.69) is 0 Å². The largest absolute Gasteiger partial charge is 0.486 e. The first-order valence-corrected chi connectivity index (χ1v) is 5.10. The lowest BCUT2D eigenvalue weighted by molar-refractivity contribution is -0.117. The van der Waals surface area contributed by atoms with Crippen LogP contribution in [0.2, 0.25) is 0 Å². The van der Waals surface area contributed by atoms with Crippen molar-refractivity contribution in [3.63, 3.8) is 0 Å². The van der Waals surface area contributed by atoms with Crippen molar-refractivity contribution in [3.05, 3.63) is 29.8 Å². The second kappa shape index (κ2) is 4.70. The highest BCUT2D eigenvalue weighted by molar-refractivity contribution is 5.76. The normalized spacial score (nSPS) is 14.0. The summed E-state index contributed by atoms with van der Waals surface area (Å²) >= 11 is 0. The van der Waals surface area contributed by atoms with Crippen LogP contribution in [0.15, 0.2) is 24.3 Å². The van der Waals surface area contributed by atoms with E-state index in [1.54, 1.807) is 6.08 Å². The number of primary amides is 1. The number of carbonyl (C=O) groups excluding carboxylic acids is 1. The van der Waals surface area contributed by atoms with E-state index in [0.29, 0.717) is 13.2 Å². The summed E-state index contributed by atoms with van der Waals surface area (Å²) in [5, 5.41) is 0. The van der Waals surface area contributed by atoms with E-state index in [0.717, 1.165) is 17.1 Å². The first kappa shape index (κ1) is 10.5. The van der Waals surface area contributed by atoms with Crippen LogP contribution in [-0.2, 0) is 4.79 Å². The van der Waals surface area contributed by atoms with Crippen LogP contribution in [0.4, 0.5) is 0 Å². The molecule has 0 radical (unpaired) electrons. The van der Waals surface area contributed by atoms with Gasteiger partial charge in [0.1, 0.15) is 13.2 Å². The van der Waals surface area contributed by atoms with Crippen LogP contribution in [0.25, 0.3) is 6.08 Å². The van der Waals surface area contributed by atoms with Gasteiger partial charge in [-0.15, -0.1) is 0 Å². The van der Waals surface area contributed by atoms with Gasteiger partial charge in [0.05, 0.1) is 0 Å². The molecule has 1 aromatic carbocycles. The molecule has 0 saturated heterocycles. The van der Waals surface area contributed by atoms with Crippen LogP contribution < -0.4 is 15.2 Å². The molecule has 0 aliphatic carbocycles. The summed E-state index contributed by atoms with van der Waals surface area (Å²) in [6, 6.07) is 5.65. The molecule has 0 saturated carbocycles. The monoisotopic (exact) mass is 219 g/mol. The lowest BCUT2D eigenvalue weighted by Gasteiger charge is -2.18. The van der Waals surface area contributed by atoms with Crippen molar-refractivity contribution in [1.82, 2.24) is 0 Å². The van der Waals surface area contributed by atoms with Crippen molar-refractivity contribution in [2.75, 3.05) is 13.2 Å². The molecular weight excluding hydrogens is 206 g/mol. The summed E-state index contributed by atoms with van der Waals surface area (Å²) in [4.78, 5) is 10.5. The number of nitrogens with two attached hydrogens (primary N) is 1. The summed E-state index contributed by atoms with van der Waals surface area (Å²) in [6.45, 7) is 1.16. The zero-order valence-electron chi connectivity index (χ0n) is 8.81. The number of fused-ring (bicyclic) bond motifs is 1. The quantitative estimate of drug-likeness (QED) is 0.834. The van der Waals surface area contributed by atoms with Crippen LogP contribution in [0.1, 0.15) is 12.0 Å². The van der Waals surface area contributed by atoms with Crippen molar-refractivity contribution in [2.45, 2.75) is 6.42 Å². The molecule has 1 amide bonds. The second-order valence-electron chi connectivity index (χ2n) is 3.48. The van der Waals surface area contributed by atoms with Crippen molar-refractivity contribution in [1.29, 1.82) is 0 Å². The molecule has 1 heterocycles. The summed E-state index contributed by atoms with van der Waals surface area (Å²) in [6.07, 6.45) is 3.81. The van der Waals surface area contributed by atoms with Crippen LogP contribution in [0.5, 0.6) is 11.5 Å². The molecule has 0 bridgehead atoms. The van der Waals surface area contributed by atoms with Crippen molar-refractivity contribution in [2.24, 2.45) is 5.73 Å². The number of ether oxygens (including phenoxy) is 2. The van der Waals surface area contributed by atoms with Gasteiger partial charge < -0.3 is 15.2 Å². The average Bonchev–Trinajstić information content (AvgIpc) is 2.28. The fourth-order valence-electron chi connectivity index (χ4n) is 1.47. The average molecular weight is 219 g/mol. The van der Waals surface area contributed by atoms with E-state index in [4.69, 9.17) is 15.2 Å². The van der Waals surface area contributed by atoms with Crippen molar-refractivity contribution in [3.8, 4) is 11.5 Å². The van der Waals surface area contributed by atoms with Gasteiger partial charge in [0, 0.05) is 6.42 Å². The molecule has 0 spiro atoms. The molecule has 0 atom stereocenters. The summed E-state index contributed by atoms with van der Waals surface area (Å²) in [5.41, 5.74) is 6.00. The van der Waals surface area contributed by atoms with E-state index < -0.39 is 0 Å². The van der Waals surface area contributed by atoms with Gasteiger partial charge in [-0.3, -0.25) is 4.79 Å². The van der Waals surface area contributed by atoms with Gasteiger partial charge in [-0.1, -0.05) is 18.2 Å². The Hall–Kier alpha value is -1.97. The number of hydrogen-bond donors (Lipinski definition) is 1. The van der Waals surface area contributed by atoms with Crippen molar-refractivity contribution >= 4 is 12.0 Å². The van der Waals surface area contributed by atoms with Crippen LogP contribution in [-0.4, -0.2) is 19.1 Å². The second-order valence-corrected chi connectivity index (χ2v) is 3.48. The standard InChI is InChI=1S/C12H13NO3/c13-12(14)3-1-2-9-4-5-10-11(8-9)16-7-6-15-10/h1-2,4-5,8H,3,6-7H2,(H2,13,14). The van der Waals surface area contributed by atoms with Gasteiger partial charge in [0.25, 0.3) is 0 Å². The Morgan fingerprint density at radius 1 is 1.31 bits per heavy atom. The van der Waals surface area contributed by atoms with Gasteiger partial charge in [0.15, 0.2) is 11.5 Å². The first-order valence-electron chi connectivity index (χ1n) is 5.10. The highest BCUT2D eigenvalue weighted by Crippen LogP contribution is 2.31. The molecule has 0 aromatic heterocycles. The Kier molecular flexibility index (Phi) is 3.10. The lowest BCUT2D eigenvalue weighted by Crippen LogP contribution is -2.15. The minimum absolute atomic E-state index is 0.244. The van der Waals surface area contributed by atoms with Crippen LogP contribution >= 0.6 is 0 Å². The van der Waals surface area contributed by atoms with E-state index in [1.165, 1.54) is 0 Å². The van der Waals surface area contributed by atoms with Gasteiger partial charge in [-0.25, -0.2) is 0 Å². The molecule has 2 rings (SSSR count). The summed E-state index contributed by atoms with van der Waals surface area (Å²) < 4.78 is 10.8. The number of benzene rings is 1. The van der Waals surface area contributed by atoms with Crippen LogP contribution in [0.3, 0.4) is 0 Å². The van der Waals surface area contributed by atoms with Crippen LogP contribution in [0, 0.1) is 0 Å². The number of hydrogen-bond acceptors (Lipinski definition) is 3. The fourth-order valence-corrected chi connectivity index (χ4v) is 1.47. The topological polar surface area (TPSA) is 61.6 Å². The van der Waals surface area contributed by atoms with Crippen molar-refractivity contribution < 1.29 is 14.3 Å². The third kappa shape index (κ3) is 2.53. The Morgan fingerprint density at radius 2 is 2.06 bits per heavy atom. The maximum absolute atomic E-state index is 10.5. The minimum Gasteiger partial charge on any atom is -0.486 e. The molecule has 1 aromatic rings. The molecule has 0 fully saturated rings. The lowest BCUT2D eigenvalue weighted by atomic mass is 10.1. The van der Waals surface area contributed by atoms with E-state index in [-0.39, 0.29) is 12.3 Å². The Morgan fingerprint density at radius 3 is 2.81 bits per heavy atom. The molecule has 0 unspecified atom stereocenters. The molecule has 16 heavy (non-hydrogen) atoms. The minimum atomic E-state index is -0.339. The first-order chi connectivity index (χ1) is 7.75. The van der Waals surface area contributed by atoms with Gasteiger partial charge in [-0.05, 0) is 17.7 Å². The zero-order chi connectivity index (χ0) is 11.4.